The topological polar surface area (TPSA) is 185 Å². The maximum absolute atomic E-state index is 14.2. The van der Waals surface area contributed by atoms with Gasteiger partial charge in [-0.05, 0) is 103 Å². The van der Waals surface area contributed by atoms with Gasteiger partial charge in [0.15, 0.2) is 23.4 Å². The molecule has 19 heteroatoms. The van der Waals surface area contributed by atoms with Gasteiger partial charge in [-0.1, -0.05) is 20.8 Å². The molecule has 1 amide bonds. The van der Waals surface area contributed by atoms with Crippen molar-refractivity contribution in [1.29, 1.82) is 0 Å². The predicted octanol–water partition coefficient (Wildman–Crippen LogP) is 7.89. The van der Waals surface area contributed by atoms with Crippen molar-refractivity contribution >= 4 is 68.3 Å². The normalized spacial score (nSPS) is 15.9. The predicted molar refractivity (Wildman–Crippen MR) is 286 cm³/mol. The number of nitrogens with zero attached hydrogens (tertiary/aromatic N) is 12. The lowest BCUT2D eigenvalue weighted by molar-refractivity contribution is 0.102. The molecule has 8 aromatic rings. The number of benzene rings is 2. The summed E-state index contributed by atoms with van der Waals surface area (Å²) in [7, 11) is 5.55. The van der Waals surface area contributed by atoms with Gasteiger partial charge in [-0.25, -0.2) is 14.4 Å². The summed E-state index contributed by atoms with van der Waals surface area (Å²) in [5.74, 6) is 1.25. The van der Waals surface area contributed by atoms with E-state index in [0.717, 1.165) is 138 Å². The molecular formula is C53H71FN16O2. The van der Waals surface area contributed by atoms with Crippen molar-refractivity contribution in [3.05, 3.63) is 94.6 Å². The summed E-state index contributed by atoms with van der Waals surface area (Å²) >= 11 is 0. The molecular weight excluding hydrogens is 912 g/mol. The number of anilines is 4. The quantitative estimate of drug-likeness (QED) is 0.0919. The Morgan fingerprint density at radius 3 is 1.88 bits per heavy atom. The van der Waals surface area contributed by atoms with E-state index >= 15 is 0 Å². The summed E-state index contributed by atoms with van der Waals surface area (Å²) in [6.45, 7) is 21.7. The number of amides is 1. The van der Waals surface area contributed by atoms with Crippen LogP contribution >= 0.6 is 0 Å². The third-order valence-corrected chi connectivity index (χ3v) is 13.5. The summed E-state index contributed by atoms with van der Waals surface area (Å²) in [4.78, 5) is 47.0. The fraction of sp³-hybridized carbons (Fsp3) is 0.472. The zero-order chi connectivity index (χ0) is 51.4. The van der Waals surface area contributed by atoms with E-state index in [2.05, 4.69) is 69.1 Å². The number of piperidine rings is 1. The van der Waals surface area contributed by atoms with Crippen LogP contribution in [0.5, 0.6) is 0 Å². The van der Waals surface area contributed by atoms with E-state index < -0.39 is 5.82 Å². The Bertz CT molecular complexity index is 3210. The van der Waals surface area contributed by atoms with Crippen LogP contribution < -0.4 is 31.1 Å². The number of imidazole rings is 2. The number of rotatable bonds is 11. The lowest BCUT2D eigenvalue weighted by Crippen LogP contribution is -2.43. The fourth-order valence-corrected chi connectivity index (χ4v) is 9.99. The maximum atomic E-state index is 14.2. The van der Waals surface area contributed by atoms with E-state index in [1.54, 1.807) is 16.4 Å². The zero-order valence-electron chi connectivity index (χ0n) is 43.8. The van der Waals surface area contributed by atoms with E-state index in [0.29, 0.717) is 35.1 Å². The highest BCUT2D eigenvalue weighted by atomic mass is 19.1. The van der Waals surface area contributed by atoms with Gasteiger partial charge in [0.05, 0.1) is 52.0 Å². The van der Waals surface area contributed by atoms with Crippen molar-refractivity contribution in [2.45, 2.75) is 99.6 Å². The van der Waals surface area contributed by atoms with Crippen LogP contribution in [0.15, 0.2) is 49.3 Å². The van der Waals surface area contributed by atoms with Gasteiger partial charge in [-0.2, -0.15) is 10.2 Å². The Morgan fingerprint density at radius 2 is 1.28 bits per heavy atom. The zero-order valence-corrected chi connectivity index (χ0v) is 43.8. The largest absolute Gasteiger partial charge is 0.372 e. The molecule has 3 fully saturated rings. The van der Waals surface area contributed by atoms with Crippen LogP contribution in [0.2, 0.25) is 0 Å². The lowest BCUT2D eigenvalue weighted by atomic mass is 9.99. The minimum atomic E-state index is -0.494. The number of nitrogens with one attached hydrogen (secondary N) is 4. The Labute approximate surface area is 420 Å². The third kappa shape index (κ3) is 11.2. The summed E-state index contributed by atoms with van der Waals surface area (Å²) in [6.07, 6.45) is 18.1. The van der Waals surface area contributed by atoms with Gasteiger partial charge in [0, 0.05) is 101 Å². The number of carbonyl (C=O) groups excluding carboxylic acids is 2. The van der Waals surface area contributed by atoms with Gasteiger partial charge in [0.2, 0.25) is 0 Å². The second kappa shape index (κ2) is 22.2. The first-order valence-corrected chi connectivity index (χ1v) is 25.4. The molecule has 1 unspecified atom stereocenters. The molecule has 2 aromatic carbocycles. The van der Waals surface area contributed by atoms with Crippen molar-refractivity contribution < 1.29 is 14.0 Å². The van der Waals surface area contributed by atoms with Gasteiger partial charge in [-0.3, -0.25) is 28.9 Å². The standard InChI is InChI=1S/C26H32N8O.C16H21FN4O.C9H12N4.C2H6/c1-15-11-21(33-9-7-19(8-10-33)28-18-5-6-18)20-13-32(4)31-24(20)23(15)26(35)30-22-14-34-12-16(2)27-17(3)25(34)29-22;1-3-18-7-11-4-5-21(8-11)15-6-14(17)13(10-22)16-12(15)9-20(2)19-16;1-6-4-13-5-8(10-3)12-9(13)7(2)11-6;1-2/h11-14,18-19,28H,5-10H2,1-4H3,(H,30,35);6,9-11,18H,3-5,7-8H2,1-2H3;4-5,10H,1-3H3;1-2H3. The number of hydrogen-bond donors (Lipinski definition) is 4. The summed E-state index contributed by atoms with van der Waals surface area (Å²) in [5.41, 5.74) is 10.1. The summed E-state index contributed by atoms with van der Waals surface area (Å²) in [6, 6.07) is 4.98. The van der Waals surface area contributed by atoms with E-state index in [-0.39, 0.29) is 11.5 Å². The molecule has 0 spiro atoms. The first-order valence-electron chi connectivity index (χ1n) is 25.4. The molecule has 1 atom stereocenters. The van der Waals surface area contributed by atoms with Crippen LogP contribution in [0.3, 0.4) is 0 Å². The molecule has 382 valence electrons. The average Bonchev–Trinajstić information content (AvgIpc) is 3.83. The van der Waals surface area contributed by atoms with Crippen LogP contribution in [0.1, 0.15) is 102 Å². The molecule has 11 rings (SSSR count). The molecule has 3 aliphatic rings. The average molecular weight is 983 g/mol. The molecule has 1 aliphatic carbocycles. The molecule has 0 bridgehead atoms. The number of hydrogen-bond acceptors (Lipinski definition) is 13. The van der Waals surface area contributed by atoms with Gasteiger partial charge < -0.3 is 39.9 Å². The third-order valence-electron chi connectivity index (χ3n) is 13.5. The van der Waals surface area contributed by atoms with E-state index in [4.69, 9.17) is 5.10 Å². The Morgan fingerprint density at radius 1 is 0.722 bits per heavy atom. The van der Waals surface area contributed by atoms with Gasteiger partial charge in [-0.15, -0.1) is 0 Å². The van der Waals surface area contributed by atoms with Crippen LogP contribution in [0.25, 0.3) is 33.1 Å². The van der Waals surface area contributed by atoms with Crippen molar-refractivity contribution in [1.82, 2.24) is 58.9 Å². The van der Waals surface area contributed by atoms with Crippen LogP contribution in [-0.4, -0.2) is 119 Å². The number of aryl methyl sites for hydroxylation is 7. The molecule has 8 heterocycles. The van der Waals surface area contributed by atoms with Gasteiger partial charge in [0.1, 0.15) is 22.7 Å². The number of carbonyl (C=O) groups is 2. The van der Waals surface area contributed by atoms with Crippen molar-refractivity contribution in [3.63, 3.8) is 0 Å². The Balaban J connectivity index is 0.000000159. The second-order valence-corrected chi connectivity index (χ2v) is 19.1. The second-order valence-electron chi connectivity index (χ2n) is 19.1. The van der Waals surface area contributed by atoms with E-state index in [1.165, 1.54) is 18.9 Å². The van der Waals surface area contributed by atoms with E-state index in [1.807, 2.05) is 109 Å². The number of halogens is 1. The minimum absolute atomic E-state index is 0.0442. The fourth-order valence-electron chi connectivity index (χ4n) is 9.99. The molecule has 18 nitrogen and oxygen atoms in total. The maximum Gasteiger partial charge on any atom is 0.259 e. The molecule has 2 saturated heterocycles. The van der Waals surface area contributed by atoms with Gasteiger partial charge in [0.25, 0.3) is 5.91 Å². The number of fused-ring (bicyclic) bond motifs is 4. The highest BCUT2D eigenvalue weighted by Crippen LogP contribution is 2.35. The number of aromatic nitrogens is 10. The van der Waals surface area contributed by atoms with Crippen molar-refractivity contribution in [3.8, 4) is 0 Å². The SMILES string of the molecule is CC.CCNCC1CCN(c2cc(F)c(C=O)c3nn(C)cc23)C1.CNc1cn2cc(C)nc(C)c2n1.Cc1cn2cc(NC(=O)c3c(C)cc(N4CCC(NC5CC5)CC4)c4cn(C)nc34)nc2c(C)n1. The number of aldehydes is 1. The Kier molecular flexibility index (Phi) is 15.8. The molecule has 2 aliphatic heterocycles. The highest BCUT2D eigenvalue weighted by Gasteiger charge is 2.30. The first kappa shape index (κ1) is 51.4. The van der Waals surface area contributed by atoms with Crippen LogP contribution in [0, 0.1) is 46.4 Å². The Hall–Kier alpha value is -6.99. The molecule has 72 heavy (non-hydrogen) atoms. The lowest BCUT2D eigenvalue weighted by Gasteiger charge is -2.34. The summed E-state index contributed by atoms with van der Waals surface area (Å²) in [5, 5.41) is 24.0. The molecule has 4 N–H and O–H groups in total. The van der Waals surface area contributed by atoms with Crippen LogP contribution in [-0.2, 0) is 14.1 Å². The van der Waals surface area contributed by atoms with Crippen molar-refractivity contribution in [2.24, 2.45) is 20.0 Å². The van der Waals surface area contributed by atoms with Crippen LogP contribution in [0.4, 0.5) is 27.4 Å². The highest BCUT2D eigenvalue weighted by molar-refractivity contribution is 6.15. The minimum Gasteiger partial charge on any atom is -0.372 e. The van der Waals surface area contributed by atoms with Gasteiger partial charge >= 0.3 is 0 Å². The first-order chi connectivity index (χ1) is 34.7. The summed E-state index contributed by atoms with van der Waals surface area (Å²) < 4.78 is 21.5. The molecule has 6 aromatic heterocycles. The van der Waals surface area contributed by atoms with E-state index in [9.17, 15) is 14.0 Å². The molecule has 0 radical (unpaired) electrons. The van der Waals surface area contributed by atoms with Crippen molar-refractivity contribution in [2.75, 3.05) is 66.7 Å². The molecule has 1 saturated carbocycles. The smallest absolute Gasteiger partial charge is 0.259 e. The monoisotopic (exact) mass is 983 g/mol.